The second-order valence-electron chi connectivity index (χ2n) is 4.42. The second kappa shape index (κ2) is 8.21. The molecule has 6 heteroatoms. The molecule has 1 atom stereocenters. The molecular formula is C16H13I3OS2. The van der Waals surface area contributed by atoms with Crippen LogP contribution in [0.25, 0.3) is 4.91 Å². The van der Waals surface area contributed by atoms with Gasteiger partial charge < -0.3 is 0 Å². The molecule has 1 nitrogen and oxygen atoms in total. The summed E-state index contributed by atoms with van der Waals surface area (Å²) in [5.74, 6) is 0.978. The average molecular weight is 666 g/mol. The van der Waals surface area contributed by atoms with Crippen LogP contribution in [0.4, 0.5) is 0 Å². The predicted molar refractivity (Wildman–Crippen MR) is 129 cm³/mol. The molecule has 116 valence electrons. The molecule has 0 saturated heterocycles. The van der Waals surface area contributed by atoms with Crippen LogP contribution in [-0.2, 0) is 0 Å². The van der Waals surface area contributed by atoms with Crippen molar-refractivity contribution in [2.45, 2.75) is 0 Å². The summed E-state index contributed by atoms with van der Waals surface area (Å²) in [4.78, 5) is 2.84. The predicted octanol–water partition coefficient (Wildman–Crippen LogP) is 7.31. The minimum absolute atomic E-state index is 0.281. The zero-order valence-electron chi connectivity index (χ0n) is 11.6. The van der Waals surface area contributed by atoms with E-state index in [1.807, 2.05) is 16.9 Å². The molecule has 0 radical (unpaired) electrons. The Bertz CT molecular complexity index is 742. The van der Waals surface area contributed by atoms with Gasteiger partial charge in [-0.05, 0) is 0 Å². The summed E-state index contributed by atoms with van der Waals surface area (Å²) < 4.78 is 5.58. The zero-order chi connectivity index (χ0) is 15.5. The molecule has 0 saturated carbocycles. The monoisotopic (exact) mass is 666 g/mol. The normalized spacial score (nSPS) is 18.1. The Kier molecular flexibility index (Phi) is 6.56. The van der Waals surface area contributed by atoms with Crippen LogP contribution in [0, 0.1) is 0 Å². The van der Waals surface area contributed by atoms with Gasteiger partial charge in [-0.25, -0.2) is 0 Å². The van der Waals surface area contributed by atoms with Crippen molar-refractivity contribution < 1.29 is 4.74 Å². The maximum atomic E-state index is 5.58. The molecule has 0 fully saturated rings. The summed E-state index contributed by atoms with van der Waals surface area (Å²) in [5, 5.41) is 0. The second-order valence-corrected chi connectivity index (χ2v) is 43.7. The fraction of sp³-hybridized carbons (Fsp3) is 0.0625. The van der Waals surface area contributed by atoms with E-state index in [-0.39, 0.29) is 6.69 Å². The van der Waals surface area contributed by atoms with E-state index in [9.17, 15) is 0 Å². The molecule has 0 aromatic heterocycles. The third-order valence-corrected chi connectivity index (χ3v) is 36.1. The Morgan fingerprint density at radius 2 is 1.68 bits per heavy atom. The molecule has 1 aliphatic heterocycles. The molecule has 22 heavy (non-hydrogen) atoms. The van der Waals surface area contributed by atoms with E-state index in [0.717, 1.165) is 5.75 Å². The van der Waals surface area contributed by atoms with Crippen LogP contribution in [0.1, 0.15) is 11.1 Å². The first kappa shape index (κ1) is 17.6. The van der Waals surface area contributed by atoms with Crippen LogP contribution < -0.4 is 4.74 Å². The zero-order valence-corrected chi connectivity index (χ0v) is 19.7. The molecule has 1 heterocycles. The minimum atomic E-state index is -1.04. The SMILES string of the molecule is COc1ccccc1C1=S(I(I)I)SC(c2ccccc2)=C1. The van der Waals surface area contributed by atoms with Gasteiger partial charge >= 0.3 is 164 Å². The number of allylic oxidation sites excluding steroid dienone is 1. The number of rotatable bonds is 4. The number of methoxy groups -OCH3 is 1. The third-order valence-electron chi connectivity index (χ3n) is 3.13. The van der Waals surface area contributed by atoms with E-state index in [2.05, 4.69) is 91.8 Å². The number of para-hydroxylation sites is 1. The summed E-state index contributed by atoms with van der Waals surface area (Å²) in [6.45, 7) is 0.281. The fourth-order valence-electron chi connectivity index (χ4n) is 2.15. The van der Waals surface area contributed by atoms with Crippen LogP contribution in [0.2, 0.25) is 0 Å². The fourth-order valence-corrected chi connectivity index (χ4v) is 25.9. The first-order valence-corrected chi connectivity index (χ1v) is 24.1. The Morgan fingerprint density at radius 3 is 2.36 bits per heavy atom. The van der Waals surface area contributed by atoms with Gasteiger partial charge in [0.15, 0.2) is 0 Å². The van der Waals surface area contributed by atoms with Gasteiger partial charge in [-0.15, -0.1) is 0 Å². The van der Waals surface area contributed by atoms with Crippen molar-refractivity contribution in [2.75, 3.05) is 7.11 Å². The van der Waals surface area contributed by atoms with E-state index >= 15 is 0 Å². The van der Waals surface area contributed by atoms with Crippen molar-refractivity contribution in [3.05, 3.63) is 71.8 Å². The number of ether oxygens (including phenoxy) is 1. The number of benzene rings is 2. The van der Waals surface area contributed by atoms with E-state index in [4.69, 9.17) is 4.74 Å². The maximum absolute atomic E-state index is 5.58. The number of hydrogen-bond acceptors (Lipinski definition) is 2. The summed E-state index contributed by atoms with van der Waals surface area (Å²) in [6, 6.07) is 19.1. The van der Waals surface area contributed by atoms with Crippen molar-refractivity contribution in [3.63, 3.8) is 0 Å². The van der Waals surface area contributed by atoms with Crippen LogP contribution in [0.5, 0.6) is 5.75 Å². The van der Waals surface area contributed by atoms with Gasteiger partial charge in [0, 0.05) is 0 Å². The van der Waals surface area contributed by atoms with Crippen molar-refractivity contribution in [1.82, 2.24) is 0 Å². The Hall–Kier alpha value is 0.740. The first-order valence-electron chi connectivity index (χ1n) is 6.44. The quantitative estimate of drug-likeness (QED) is 0.193. The van der Waals surface area contributed by atoms with Gasteiger partial charge in [0.25, 0.3) is 0 Å². The van der Waals surface area contributed by atoms with Crippen LogP contribution in [-0.4, -0.2) is 12.0 Å². The molecule has 1 aliphatic rings. The van der Waals surface area contributed by atoms with Crippen molar-refractivity contribution in [3.8, 4) is 5.75 Å². The standard InChI is InChI=1S/C16H13I3OS2/c1-20-14-10-6-5-9-13(14)16-11-15(21-22(16)19(17)18)12-7-3-2-4-8-12/h2-11H,1H3. The van der Waals surface area contributed by atoms with Crippen LogP contribution in [0.3, 0.4) is 0 Å². The summed E-state index contributed by atoms with van der Waals surface area (Å²) in [5.41, 5.74) is 2.57. The van der Waals surface area contributed by atoms with E-state index < -0.39 is 10.5 Å². The van der Waals surface area contributed by atoms with Gasteiger partial charge in [0.05, 0.1) is 0 Å². The van der Waals surface area contributed by atoms with Crippen LogP contribution in [0.15, 0.2) is 60.7 Å². The van der Waals surface area contributed by atoms with Crippen molar-refractivity contribution in [2.24, 2.45) is 0 Å². The number of hydrogen-bond donors (Lipinski definition) is 0. The molecule has 0 bridgehead atoms. The van der Waals surface area contributed by atoms with Crippen LogP contribution >= 0.6 is 65.2 Å². The molecule has 0 aliphatic carbocycles. The van der Waals surface area contributed by atoms with E-state index in [0.29, 0.717) is 0 Å². The number of halogens is 3. The Balaban J connectivity index is 2.08. The molecule has 0 N–H and O–H groups in total. The molecular weight excluding hydrogens is 653 g/mol. The Morgan fingerprint density at radius 1 is 1.00 bits per heavy atom. The molecule has 2 aromatic carbocycles. The van der Waals surface area contributed by atoms with Crippen molar-refractivity contribution in [1.29, 1.82) is 0 Å². The van der Waals surface area contributed by atoms with Gasteiger partial charge in [-0.1, -0.05) is 0 Å². The van der Waals surface area contributed by atoms with Gasteiger partial charge in [0.2, 0.25) is 0 Å². The van der Waals surface area contributed by atoms with E-state index in [1.165, 1.54) is 20.9 Å². The topological polar surface area (TPSA) is 9.23 Å². The van der Waals surface area contributed by atoms with Gasteiger partial charge in [-0.3, -0.25) is 0 Å². The molecule has 0 amide bonds. The summed E-state index contributed by atoms with van der Waals surface area (Å²) >= 11 is 5.36. The van der Waals surface area contributed by atoms with Gasteiger partial charge in [0.1, 0.15) is 0 Å². The Labute approximate surface area is 162 Å². The average Bonchev–Trinajstić information content (AvgIpc) is 3.01. The first-order chi connectivity index (χ1) is 10.7. The molecule has 3 rings (SSSR count). The van der Waals surface area contributed by atoms with Gasteiger partial charge in [-0.2, -0.15) is 0 Å². The third kappa shape index (κ3) is 3.86. The molecule has 0 spiro atoms. The summed E-state index contributed by atoms with van der Waals surface area (Å²) in [6.07, 6.45) is 2.38. The van der Waals surface area contributed by atoms with Crippen molar-refractivity contribution >= 4 is 75.0 Å². The van der Waals surface area contributed by atoms with E-state index in [1.54, 1.807) is 7.11 Å². The summed E-state index contributed by atoms with van der Waals surface area (Å²) in [7, 11) is 2.76. The molecule has 2 aromatic rings. The molecule has 1 unspecified atom stereocenters.